The van der Waals surface area contributed by atoms with Crippen LogP contribution in [0.4, 0.5) is 0 Å². The molecule has 4 aromatic rings. The lowest BCUT2D eigenvalue weighted by atomic mass is 9.90. The molecule has 6 rings (SSSR count). The first-order valence-corrected chi connectivity index (χ1v) is 16.9. The van der Waals surface area contributed by atoms with Crippen molar-refractivity contribution in [3.8, 4) is 0 Å². The number of carbonyl (C=O) groups excluding carboxylic acids is 5. The molecule has 0 aromatic heterocycles. The average Bonchev–Trinajstić information content (AvgIpc) is 3.45. The first-order chi connectivity index (χ1) is 23.6. The summed E-state index contributed by atoms with van der Waals surface area (Å²) < 4.78 is 5.11. The van der Waals surface area contributed by atoms with E-state index in [-0.39, 0.29) is 29.7 Å². The van der Waals surface area contributed by atoms with E-state index in [1.165, 1.54) is 28.5 Å². The Hall–Kier alpha value is -5.37. The van der Waals surface area contributed by atoms with Crippen molar-refractivity contribution in [3.63, 3.8) is 0 Å². The molecule has 0 saturated carbocycles. The summed E-state index contributed by atoms with van der Waals surface area (Å²) in [6.45, 7) is 17.2. The molecule has 4 amide bonds. The van der Waals surface area contributed by atoms with Gasteiger partial charge in [0.25, 0.3) is 23.6 Å². The van der Waals surface area contributed by atoms with Crippen LogP contribution in [0.15, 0.2) is 91.0 Å². The minimum Gasteiger partial charge on any atom is -0.441 e. The molecule has 0 saturated heterocycles. The number of amides is 4. The molecule has 8 nitrogen and oxygen atoms in total. The normalized spacial score (nSPS) is 14.5. The van der Waals surface area contributed by atoms with Gasteiger partial charge in [-0.3, -0.25) is 28.9 Å². The molecule has 0 aliphatic carbocycles. The van der Waals surface area contributed by atoms with E-state index in [0.29, 0.717) is 22.3 Å². The summed E-state index contributed by atoms with van der Waals surface area (Å²) in [5.74, 6) is -1.77. The largest absolute Gasteiger partial charge is 0.441 e. The highest BCUT2D eigenvalue weighted by Gasteiger charge is 2.43. The second-order valence-corrected chi connectivity index (χ2v) is 13.5. The van der Waals surface area contributed by atoms with Gasteiger partial charge in [-0.15, -0.1) is 0 Å². The van der Waals surface area contributed by atoms with Gasteiger partial charge in [-0.05, 0) is 69.0 Å². The zero-order valence-corrected chi connectivity index (χ0v) is 30.3. The Bertz CT molecular complexity index is 1840. The molecule has 2 atom stereocenters. The molecule has 0 fully saturated rings. The Kier molecular flexibility index (Phi) is 11.9. The number of benzene rings is 4. The van der Waals surface area contributed by atoms with Crippen LogP contribution in [0.5, 0.6) is 0 Å². The van der Waals surface area contributed by atoms with Crippen molar-refractivity contribution in [2.45, 2.75) is 74.6 Å². The van der Waals surface area contributed by atoms with Gasteiger partial charge < -0.3 is 4.74 Å². The van der Waals surface area contributed by atoms with Gasteiger partial charge in [0.1, 0.15) is 0 Å². The molecule has 0 spiro atoms. The summed E-state index contributed by atoms with van der Waals surface area (Å²) in [5.41, 5.74) is 7.72. The van der Waals surface area contributed by atoms with E-state index in [1.807, 2.05) is 39.8 Å². The molecule has 2 unspecified atom stereocenters. The molecule has 0 bridgehead atoms. The highest BCUT2D eigenvalue weighted by atomic mass is 16.6. The molecule has 2 aliphatic heterocycles. The van der Waals surface area contributed by atoms with Crippen molar-refractivity contribution in [1.82, 2.24) is 9.80 Å². The van der Waals surface area contributed by atoms with Crippen LogP contribution in [0.3, 0.4) is 0 Å². The molecular weight excluding hydrogens is 628 g/mol. The molecule has 2 aliphatic rings. The number of aryl methyl sites for hydroxylation is 4. The second kappa shape index (κ2) is 15.9. The minimum absolute atomic E-state index is 0.138. The highest BCUT2D eigenvalue weighted by Crippen LogP contribution is 2.37. The maximum Gasteiger partial charge on any atom is 0.304 e. The van der Waals surface area contributed by atoms with E-state index in [2.05, 4.69) is 44.2 Å². The molecule has 260 valence electrons. The predicted molar refractivity (Wildman–Crippen MR) is 194 cm³/mol. The van der Waals surface area contributed by atoms with E-state index in [4.69, 9.17) is 4.74 Å². The zero-order chi connectivity index (χ0) is 36.9. The predicted octanol–water partition coefficient (Wildman–Crippen LogP) is 8.43. The Morgan fingerprint density at radius 1 is 0.540 bits per heavy atom. The van der Waals surface area contributed by atoms with Crippen molar-refractivity contribution in [2.24, 2.45) is 11.8 Å². The summed E-state index contributed by atoms with van der Waals surface area (Å²) in [6, 6.07) is 28.0. The fourth-order valence-electron chi connectivity index (χ4n) is 6.32. The Morgan fingerprint density at radius 2 is 0.960 bits per heavy atom. The third-order valence-corrected chi connectivity index (χ3v) is 8.59. The topological polar surface area (TPSA) is 101 Å². The minimum atomic E-state index is -0.870. The Balaban J connectivity index is 0.000000187. The summed E-state index contributed by atoms with van der Waals surface area (Å²) in [7, 11) is 0. The number of nitrogens with zero attached hydrogens (tertiary/aromatic N) is 2. The number of ether oxygens (including phenoxy) is 1. The SMILES string of the molecule is CC(=O)OC(C(C)C)N1C(=O)c2ccccc2C1=O.Cc1ccc(C(C(C)C)N2C(=O)c3ccccc3C2=O)c(C)c1.Cc1cccc(C)c1. The van der Waals surface area contributed by atoms with Crippen LogP contribution in [0.25, 0.3) is 0 Å². The van der Waals surface area contributed by atoms with Gasteiger partial charge >= 0.3 is 5.97 Å². The van der Waals surface area contributed by atoms with Crippen molar-refractivity contribution >= 4 is 29.6 Å². The van der Waals surface area contributed by atoms with Gasteiger partial charge in [-0.25, -0.2) is 4.90 Å². The number of hydrogen-bond donors (Lipinski definition) is 0. The maximum atomic E-state index is 12.8. The van der Waals surface area contributed by atoms with Crippen LogP contribution in [0, 0.1) is 39.5 Å². The van der Waals surface area contributed by atoms with E-state index in [9.17, 15) is 24.0 Å². The molecule has 8 heteroatoms. The van der Waals surface area contributed by atoms with Gasteiger partial charge in [0.05, 0.1) is 28.3 Å². The standard InChI is InChI=1S/C20H21NO2.C14H15NO4.C8H10/c1-12(2)18(15-10-9-13(3)11-14(15)4)21-19(22)16-7-5-6-8-17(16)20(21)23;1-8(2)14(19-9(3)16)15-12(17)10-6-4-5-7-11(10)13(15)18;1-7-4-3-5-8(2)6-7/h5-12,18H,1-4H3;4-8,14H,1-3H3;3-6H,1-2H3. The fourth-order valence-corrected chi connectivity index (χ4v) is 6.32. The maximum absolute atomic E-state index is 12.8. The van der Waals surface area contributed by atoms with Gasteiger partial charge in [0.15, 0.2) is 6.23 Å². The van der Waals surface area contributed by atoms with Crippen LogP contribution in [-0.2, 0) is 9.53 Å². The van der Waals surface area contributed by atoms with Crippen molar-refractivity contribution in [3.05, 3.63) is 141 Å². The van der Waals surface area contributed by atoms with Crippen LogP contribution < -0.4 is 0 Å². The fraction of sp³-hybridized carbons (Fsp3) is 0.310. The van der Waals surface area contributed by atoms with Crippen LogP contribution >= 0.6 is 0 Å². The van der Waals surface area contributed by atoms with E-state index in [1.54, 1.807) is 62.4 Å². The summed E-state index contributed by atoms with van der Waals surface area (Å²) >= 11 is 0. The number of imide groups is 2. The monoisotopic (exact) mass is 674 g/mol. The third-order valence-electron chi connectivity index (χ3n) is 8.59. The first-order valence-electron chi connectivity index (χ1n) is 16.9. The quantitative estimate of drug-likeness (QED) is 0.150. The number of rotatable bonds is 6. The first kappa shape index (κ1) is 37.4. The molecule has 0 N–H and O–H groups in total. The molecule has 4 aromatic carbocycles. The Morgan fingerprint density at radius 3 is 1.30 bits per heavy atom. The van der Waals surface area contributed by atoms with Gasteiger partial charge in [0, 0.05) is 12.8 Å². The molecular formula is C42H46N2O6. The number of fused-ring (bicyclic) bond motifs is 2. The Labute approximate surface area is 295 Å². The summed E-state index contributed by atoms with van der Waals surface area (Å²) in [4.78, 5) is 63.7. The van der Waals surface area contributed by atoms with Gasteiger partial charge in [0.2, 0.25) is 0 Å². The molecule has 2 heterocycles. The van der Waals surface area contributed by atoms with Crippen LogP contribution in [0.1, 0.15) is 110 Å². The smallest absolute Gasteiger partial charge is 0.304 e. The summed E-state index contributed by atoms with van der Waals surface area (Å²) in [5, 5.41) is 0. The number of hydrogen-bond acceptors (Lipinski definition) is 6. The van der Waals surface area contributed by atoms with Crippen molar-refractivity contribution in [1.29, 1.82) is 0 Å². The highest BCUT2D eigenvalue weighted by molar-refractivity contribution is 6.22. The second-order valence-electron chi connectivity index (χ2n) is 13.5. The van der Waals surface area contributed by atoms with E-state index in [0.717, 1.165) is 16.0 Å². The lowest BCUT2D eigenvalue weighted by molar-refractivity contribution is -0.155. The van der Waals surface area contributed by atoms with Gasteiger partial charge in [-0.2, -0.15) is 0 Å². The van der Waals surface area contributed by atoms with Crippen molar-refractivity contribution in [2.75, 3.05) is 0 Å². The summed E-state index contributed by atoms with van der Waals surface area (Å²) in [6.07, 6.45) is -0.870. The van der Waals surface area contributed by atoms with E-state index < -0.39 is 24.0 Å². The molecule has 0 radical (unpaired) electrons. The van der Waals surface area contributed by atoms with Crippen LogP contribution in [0.2, 0.25) is 0 Å². The lowest BCUT2D eigenvalue weighted by Gasteiger charge is -2.31. The number of esters is 1. The van der Waals surface area contributed by atoms with Crippen LogP contribution in [-0.4, -0.2) is 45.6 Å². The zero-order valence-electron chi connectivity index (χ0n) is 30.3. The lowest BCUT2D eigenvalue weighted by Crippen LogP contribution is -2.45. The van der Waals surface area contributed by atoms with E-state index >= 15 is 0 Å². The van der Waals surface area contributed by atoms with Gasteiger partial charge in [-0.1, -0.05) is 111 Å². The van der Waals surface area contributed by atoms with Crippen molar-refractivity contribution < 1.29 is 28.7 Å². The number of carbonyl (C=O) groups is 5. The average molecular weight is 675 g/mol. The molecule has 50 heavy (non-hydrogen) atoms. The third kappa shape index (κ3) is 8.08.